The second-order valence-electron chi connectivity index (χ2n) is 5.39. The molecule has 0 bridgehead atoms. The van der Waals surface area contributed by atoms with Crippen molar-refractivity contribution in [3.8, 4) is 0 Å². The smallest absolute Gasteiger partial charge is 0.248 e. The SMILES string of the molecule is Cc1ccc(=O)[nH]c1CN1CCN(C(C)C)CC1. The quantitative estimate of drug-likeness (QED) is 0.875. The Morgan fingerprint density at radius 1 is 1.22 bits per heavy atom. The van der Waals surface area contributed by atoms with Gasteiger partial charge < -0.3 is 4.98 Å². The van der Waals surface area contributed by atoms with Gasteiger partial charge in [-0.15, -0.1) is 0 Å². The highest BCUT2D eigenvalue weighted by atomic mass is 16.1. The van der Waals surface area contributed by atoms with Crippen molar-refractivity contribution < 1.29 is 0 Å². The molecular formula is C14H23N3O. The number of piperazine rings is 1. The van der Waals surface area contributed by atoms with E-state index in [2.05, 4.69) is 35.6 Å². The zero-order valence-electron chi connectivity index (χ0n) is 11.6. The molecule has 1 aromatic rings. The summed E-state index contributed by atoms with van der Waals surface area (Å²) in [4.78, 5) is 19.2. The molecule has 1 saturated heterocycles. The van der Waals surface area contributed by atoms with Crippen LogP contribution in [0.3, 0.4) is 0 Å². The summed E-state index contributed by atoms with van der Waals surface area (Å²) in [6.07, 6.45) is 0. The second-order valence-corrected chi connectivity index (χ2v) is 5.39. The standard InChI is InChI=1S/C14H23N3O/c1-11(2)17-8-6-16(7-9-17)10-13-12(3)4-5-14(18)15-13/h4-5,11H,6-10H2,1-3H3,(H,15,18). The Balaban J connectivity index is 1.95. The fraction of sp³-hybridized carbons (Fsp3) is 0.643. The Kier molecular flexibility index (Phi) is 4.19. The van der Waals surface area contributed by atoms with Crippen LogP contribution < -0.4 is 5.56 Å². The van der Waals surface area contributed by atoms with Crippen molar-refractivity contribution in [3.63, 3.8) is 0 Å². The lowest BCUT2D eigenvalue weighted by Gasteiger charge is -2.36. The van der Waals surface area contributed by atoms with Crippen LogP contribution in [0.2, 0.25) is 0 Å². The molecule has 0 atom stereocenters. The Morgan fingerprint density at radius 2 is 1.89 bits per heavy atom. The minimum atomic E-state index is -0.00332. The van der Waals surface area contributed by atoms with Gasteiger partial charge in [-0.25, -0.2) is 0 Å². The number of nitrogens with one attached hydrogen (secondary N) is 1. The number of pyridine rings is 1. The Morgan fingerprint density at radius 3 is 2.50 bits per heavy atom. The van der Waals surface area contributed by atoms with E-state index in [0.29, 0.717) is 6.04 Å². The van der Waals surface area contributed by atoms with E-state index in [1.807, 2.05) is 6.07 Å². The van der Waals surface area contributed by atoms with Gasteiger partial charge in [0.1, 0.15) is 0 Å². The van der Waals surface area contributed by atoms with Crippen molar-refractivity contribution in [2.45, 2.75) is 33.4 Å². The van der Waals surface area contributed by atoms with Crippen LogP contribution in [-0.2, 0) is 6.54 Å². The van der Waals surface area contributed by atoms with Crippen molar-refractivity contribution in [2.24, 2.45) is 0 Å². The van der Waals surface area contributed by atoms with Gasteiger partial charge in [0, 0.05) is 50.5 Å². The molecule has 2 rings (SSSR count). The molecule has 0 aromatic carbocycles. The average molecular weight is 249 g/mol. The molecule has 1 fully saturated rings. The summed E-state index contributed by atoms with van der Waals surface area (Å²) in [5.74, 6) is 0. The minimum Gasteiger partial charge on any atom is -0.325 e. The van der Waals surface area contributed by atoms with Crippen LogP contribution in [0.1, 0.15) is 25.1 Å². The van der Waals surface area contributed by atoms with Crippen LogP contribution in [0.4, 0.5) is 0 Å². The maximum atomic E-state index is 11.3. The molecule has 1 aromatic heterocycles. The molecule has 1 N–H and O–H groups in total. The van der Waals surface area contributed by atoms with Gasteiger partial charge in [-0.2, -0.15) is 0 Å². The van der Waals surface area contributed by atoms with E-state index in [-0.39, 0.29) is 5.56 Å². The molecule has 0 aliphatic carbocycles. The van der Waals surface area contributed by atoms with Gasteiger partial charge in [0.2, 0.25) is 5.56 Å². The molecule has 0 unspecified atom stereocenters. The molecule has 0 radical (unpaired) electrons. The Hall–Kier alpha value is -1.13. The fourth-order valence-corrected chi connectivity index (χ4v) is 2.42. The lowest BCUT2D eigenvalue weighted by molar-refractivity contribution is 0.103. The number of hydrogen-bond donors (Lipinski definition) is 1. The summed E-state index contributed by atoms with van der Waals surface area (Å²) >= 11 is 0. The maximum Gasteiger partial charge on any atom is 0.248 e. The van der Waals surface area contributed by atoms with Gasteiger partial charge in [-0.3, -0.25) is 14.6 Å². The predicted molar refractivity (Wildman–Crippen MR) is 73.8 cm³/mol. The van der Waals surface area contributed by atoms with Gasteiger partial charge in [0.25, 0.3) is 0 Å². The van der Waals surface area contributed by atoms with Gasteiger partial charge in [0.15, 0.2) is 0 Å². The Labute approximate surface area is 109 Å². The molecule has 0 amide bonds. The summed E-state index contributed by atoms with van der Waals surface area (Å²) in [5.41, 5.74) is 2.22. The molecule has 4 heteroatoms. The second kappa shape index (κ2) is 5.67. The van der Waals surface area contributed by atoms with Gasteiger partial charge >= 0.3 is 0 Å². The lowest BCUT2D eigenvalue weighted by Crippen LogP contribution is -2.48. The van der Waals surface area contributed by atoms with Crippen molar-refractivity contribution in [2.75, 3.05) is 26.2 Å². The van der Waals surface area contributed by atoms with E-state index < -0.39 is 0 Å². The highest BCUT2D eigenvalue weighted by Gasteiger charge is 2.19. The van der Waals surface area contributed by atoms with Crippen molar-refractivity contribution in [1.82, 2.24) is 14.8 Å². The first-order valence-corrected chi connectivity index (χ1v) is 6.71. The van der Waals surface area contributed by atoms with Crippen LogP contribution in [0.5, 0.6) is 0 Å². The summed E-state index contributed by atoms with van der Waals surface area (Å²) in [6, 6.07) is 4.12. The van der Waals surface area contributed by atoms with E-state index >= 15 is 0 Å². The summed E-state index contributed by atoms with van der Waals surface area (Å²) < 4.78 is 0. The van der Waals surface area contributed by atoms with Crippen LogP contribution in [0, 0.1) is 6.92 Å². The molecule has 2 heterocycles. The molecular weight excluding hydrogens is 226 g/mol. The van der Waals surface area contributed by atoms with E-state index in [1.54, 1.807) is 6.07 Å². The summed E-state index contributed by atoms with van der Waals surface area (Å²) in [6.45, 7) is 11.8. The van der Waals surface area contributed by atoms with Crippen LogP contribution in [0.25, 0.3) is 0 Å². The topological polar surface area (TPSA) is 39.3 Å². The highest BCUT2D eigenvalue weighted by Crippen LogP contribution is 2.10. The lowest BCUT2D eigenvalue weighted by atomic mass is 10.2. The van der Waals surface area contributed by atoms with Crippen LogP contribution >= 0.6 is 0 Å². The number of rotatable bonds is 3. The zero-order chi connectivity index (χ0) is 13.1. The number of hydrogen-bond acceptors (Lipinski definition) is 3. The van der Waals surface area contributed by atoms with E-state index in [1.165, 1.54) is 5.56 Å². The normalized spacial score (nSPS) is 18.4. The van der Waals surface area contributed by atoms with Gasteiger partial charge in [-0.05, 0) is 26.3 Å². The monoisotopic (exact) mass is 249 g/mol. The first-order chi connectivity index (χ1) is 8.56. The molecule has 100 valence electrons. The van der Waals surface area contributed by atoms with Crippen LogP contribution in [0.15, 0.2) is 16.9 Å². The van der Waals surface area contributed by atoms with Crippen molar-refractivity contribution in [3.05, 3.63) is 33.7 Å². The minimum absolute atomic E-state index is 0.00332. The third kappa shape index (κ3) is 3.21. The summed E-state index contributed by atoms with van der Waals surface area (Å²) in [5, 5.41) is 0. The Bertz CT molecular complexity index is 445. The first kappa shape index (κ1) is 13.3. The highest BCUT2D eigenvalue weighted by molar-refractivity contribution is 5.17. The number of aryl methyl sites for hydroxylation is 1. The van der Waals surface area contributed by atoms with E-state index in [9.17, 15) is 4.79 Å². The fourth-order valence-electron chi connectivity index (χ4n) is 2.42. The van der Waals surface area contributed by atoms with Crippen LogP contribution in [-0.4, -0.2) is 47.0 Å². The number of aromatic amines is 1. The predicted octanol–water partition coefficient (Wildman–Crippen LogP) is 1.21. The number of nitrogens with zero attached hydrogens (tertiary/aromatic N) is 2. The largest absolute Gasteiger partial charge is 0.325 e. The van der Waals surface area contributed by atoms with Gasteiger partial charge in [0.05, 0.1) is 0 Å². The first-order valence-electron chi connectivity index (χ1n) is 6.71. The maximum absolute atomic E-state index is 11.3. The van der Waals surface area contributed by atoms with Crippen molar-refractivity contribution in [1.29, 1.82) is 0 Å². The number of aromatic nitrogens is 1. The summed E-state index contributed by atoms with van der Waals surface area (Å²) in [7, 11) is 0. The van der Waals surface area contributed by atoms with E-state index in [4.69, 9.17) is 0 Å². The molecule has 0 saturated carbocycles. The third-order valence-electron chi connectivity index (χ3n) is 3.75. The molecule has 1 aliphatic heterocycles. The molecule has 18 heavy (non-hydrogen) atoms. The average Bonchev–Trinajstić information content (AvgIpc) is 2.34. The third-order valence-corrected chi connectivity index (χ3v) is 3.75. The van der Waals surface area contributed by atoms with E-state index in [0.717, 1.165) is 38.4 Å². The molecule has 1 aliphatic rings. The van der Waals surface area contributed by atoms with Crippen molar-refractivity contribution >= 4 is 0 Å². The molecule has 0 spiro atoms. The number of H-pyrrole nitrogens is 1. The molecule has 4 nitrogen and oxygen atoms in total. The van der Waals surface area contributed by atoms with Gasteiger partial charge in [-0.1, -0.05) is 6.07 Å². The zero-order valence-corrected chi connectivity index (χ0v) is 11.6.